The van der Waals surface area contributed by atoms with Crippen LogP contribution in [0.3, 0.4) is 0 Å². The number of nitrogens with zero attached hydrogens (tertiary/aromatic N) is 4. The molecule has 0 aliphatic carbocycles. The van der Waals surface area contributed by atoms with Crippen LogP contribution in [0.1, 0.15) is 46.0 Å². The van der Waals surface area contributed by atoms with E-state index in [0.717, 1.165) is 25.9 Å². The van der Waals surface area contributed by atoms with Crippen molar-refractivity contribution in [3.63, 3.8) is 0 Å². The molecule has 0 aromatic heterocycles. The first-order valence-electron chi connectivity index (χ1n) is 9.65. The summed E-state index contributed by atoms with van der Waals surface area (Å²) in [5.74, 6) is -0.305. The lowest BCUT2D eigenvalue weighted by Crippen LogP contribution is -2.47. The van der Waals surface area contributed by atoms with Crippen LogP contribution in [0.15, 0.2) is 11.8 Å². The summed E-state index contributed by atoms with van der Waals surface area (Å²) in [6, 6.07) is 0.669. The van der Waals surface area contributed by atoms with Gasteiger partial charge in [0, 0.05) is 38.4 Å². The summed E-state index contributed by atoms with van der Waals surface area (Å²) >= 11 is 1.23. The minimum Gasteiger partial charge on any atom is -0.376 e. The summed E-state index contributed by atoms with van der Waals surface area (Å²) < 4.78 is 3.33. The Balaban J connectivity index is 1.63. The highest BCUT2D eigenvalue weighted by Crippen LogP contribution is 2.28. The summed E-state index contributed by atoms with van der Waals surface area (Å²) in [7, 11) is 0. The zero-order valence-electron chi connectivity index (χ0n) is 15.4. The Kier molecular flexibility index (Phi) is 6.28. The molecular weight excluding hydrogens is 336 g/mol. The van der Waals surface area contributed by atoms with E-state index in [4.69, 9.17) is 0 Å². The molecule has 0 spiro atoms. The standard InChI is InChI=1S/C18H30N4O2S/c1-3-21-17(23)16(18(24)22(4-2)25-21)14-19-12-8-15(9-13-19)20-10-6-5-7-11-20/h14-15H,3-13H2,1-2H3. The third-order valence-corrected chi connectivity index (χ3v) is 6.65. The van der Waals surface area contributed by atoms with Gasteiger partial charge < -0.3 is 9.80 Å². The summed E-state index contributed by atoms with van der Waals surface area (Å²) in [5.41, 5.74) is 0.318. The molecule has 3 aliphatic rings. The Bertz CT molecular complexity index is 501. The van der Waals surface area contributed by atoms with Crippen molar-refractivity contribution in [2.24, 2.45) is 0 Å². The predicted octanol–water partition coefficient (Wildman–Crippen LogP) is 2.09. The molecule has 0 saturated carbocycles. The lowest BCUT2D eigenvalue weighted by atomic mass is 10.00. The maximum Gasteiger partial charge on any atom is 0.272 e. The molecule has 25 heavy (non-hydrogen) atoms. The van der Waals surface area contributed by atoms with E-state index in [1.165, 1.54) is 44.5 Å². The molecule has 3 heterocycles. The van der Waals surface area contributed by atoms with Gasteiger partial charge in [-0.25, -0.2) is 0 Å². The zero-order valence-corrected chi connectivity index (χ0v) is 16.3. The lowest BCUT2D eigenvalue weighted by Gasteiger charge is -2.40. The van der Waals surface area contributed by atoms with Crippen LogP contribution < -0.4 is 0 Å². The van der Waals surface area contributed by atoms with Crippen LogP contribution in [0.2, 0.25) is 0 Å². The van der Waals surface area contributed by atoms with Crippen molar-refractivity contribution in [2.75, 3.05) is 39.3 Å². The molecule has 0 aromatic carbocycles. The van der Waals surface area contributed by atoms with Gasteiger partial charge in [-0.05, 0) is 52.6 Å². The van der Waals surface area contributed by atoms with Crippen molar-refractivity contribution >= 4 is 23.9 Å². The van der Waals surface area contributed by atoms with Crippen LogP contribution in [0.4, 0.5) is 0 Å². The van der Waals surface area contributed by atoms with Crippen LogP contribution in [-0.4, -0.2) is 75.5 Å². The van der Waals surface area contributed by atoms with E-state index in [1.54, 1.807) is 8.61 Å². The minimum absolute atomic E-state index is 0.152. The number of piperidine rings is 2. The first kappa shape index (κ1) is 18.6. The van der Waals surface area contributed by atoms with Gasteiger partial charge >= 0.3 is 0 Å². The molecular formula is C18H30N4O2S. The van der Waals surface area contributed by atoms with E-state index in [9.17, 15) is 9.59 Å². The first-order chi connectivity index (χ1) is 12.1. The van der Waals surface area contributed by atoms with Gasteiger partial charge in [0.15, 0.2) is 0 Å². The number of carbonyl (C=O) groups is 2. The van der Waals surface area contributed by atoms with Crippen molar-refractivity contribution in [3.8, 4) is 0 Å². The molecule has 3 saturated heterocycles. The Labute approximate surface area is 155 Å². The van der Waals surface area contributed by atoms with Crippen molar-refractivity contribution in [2.45, 2.75) is 52.0 Å². The molecule has 140 valence electrons. The molecule has 0 bridgehead atoms. The molecule has 3 fully saturated rings. The third kappa shape index (κ3) is 4.14. The van der Waals surface area contributed by atoms with Gasteiger partial charge in [-0.1, -0.05) is 6.42 Å². The average molecular weight is 367 g/mol. The highest BCUT2D eigenvalue weighted by Gasteiger charge is 2.36. The summed E-state index contributed by atoms with van der Waals surface area (Å²) in [6.45, 7) is 9.40. The molecule has 0 atom stereocenters. The maximum atomic E-state index is 12.6. The Morgan fingerprint density at radius 3 is 2.00 bits per heavy atom. The van der Waals surface area contributed by atoms with Gasteiger partial charge in [0.2, 0.25) is 0 Å². The van der Waals surface area contributed by atoms with Crippen molar-refractivity contribution in [1.29, 1.82) is 0 Å². The largest absolute Gasteiger partial charge is 0.376 e. The number of likely N-dealkylation sites (tertiary alicyclic amines) is 2. The van der Waals surface area contributed by atoms with E-state index in [-0.39, 0.29) is 11.8 Å². The molecule has 0 aromatic rings. The Morgan fingerprint density at radius 2 is 1.48 bits per heavy atom. The number of carbonyl (C=O) groups excluding carboxylic acids is 2. The molecule has 2 amide bonds. The van der Waals surface area contributed by atoms with Crippen LogP contribution in [0.25, 0.3) is 0 Å². The Hall–Kier alpha value is -1.21. The van der Waals surface area contributed by atoms with Gasteiger partial charge in [0.05, 0.1) is 12.1 Å². The van der Waals surface area contributed by atoms with Crippen LogP contribution >= 0.6 is 12.1 Å². The van der Waals surface area contributed by atoms with E-state index >= 15 is 0 Å². The van der Waals surface area contributed by atoms with E-state index in [2.05, 4.69) is 9.80 Å². The summed E-state index contributed by atoms with van der Waals surface area (Å²) in [6.07, 6.45) is 8.08. The third-order valence-electron chi connectivity index (χ3n) is 5.40. The van der Waals surface area contributed by atoms with Gasteiger partial charge in [-0.2, -0.15) is 0 Å². The van der Waals surface area contributed by atoms with Crippen LogP contribution in [0, 0.1) is 0 Å². The second-order valence-electron chi connectivity index (χ2n) is 6.99. The zero-order chi connectivity index (χ0) is 17.8. The summed E-state index contributed by atoms with van der Waals surface area (Å²) in [4.78, 5) is 29.9. The number of amides is 2. The van der Waals surface area contributed by atoms with Gasteiger partial charge in [-0.3, -0.25) is 18.2 Å². The average Bonchev–Trinajstić information content (AvgIpc) is 2.66. The van der Waals surface area contributed by atoms with Gasteiger partial charge in [-0.15, -0.1) is 0 Å². The van der Waals surface area contributed by atoms with Crippen molar-refractivity contribution in [3.05, 3.63) is 11.8 Å². The number of rotatable bonds is 4. The smallest absolute Gasteiger partial charge is 0.272 e. The highest BCUT2D eigenvalue weighted by molar-refractivity contribution is 7.96. The highest BCUT2D eigenvalue weighted by atomic mass is 32.2. The topological polar surface area (TPSA) is 47.1 Å². The second-order valence-corrected chi connectivity index (χ2v) is 8.03. The fourth-order valence-corrected chi connectivity index (χ4v) is 4.73. The molecule has 7 heteroatoms. The minimum atomic E-state index is -0.152. The number of hydrogen-bond donors (Lipinski definition) is 0. The predicted molar refractivity (Wildman–Crippen MR) is 100 cm³/mol. The van der Waals surface area contributed by atoms with Crippen molar-refractivity contribution < 1.29 is 9.59 Å². The molecule has 6 nitrogen and oxygen atoms in total. The SMILES string of the molecule is CCN1SN(CC)C(=O)C(=CN2CCC(N3CCCCC3)CC2)C1=O. The lowest BCUT2D eigenvalue weighted by molar-refractivity contribution is -0.130. The molecule has 0 unspecified atom stereocenters. The van der Waals surface area contributed by atoms with Gasteiger partial charge in [0.1, 0.15) is 5.57 Å². The molecule has 3 rings (SSSR count). The second kappa shape index (κ2) is 8.45. The fourth-order valence-electron chi connectivity index (χ4n) is 3.91. The van der Waals surface area contributed by atoms with E-state index in [0.29, 0.717) is 24.7 Å². The monoisotopic (exact) mass is 366 g/mol. The molecule has 3 aliphatic heterocycles. The number of hydrogen-bond acceptors (Lipinski definition) is 5. The quantitative estimate of drug-likeness (QED) is 0.433. The van der Waals surface area contributed by atoms with E-state index < -0.39 is 0 Å². The molecule has 0 radical (unpaired) electrons. The van der Waals surface area contributed by atoms with Crippen molar-refractivity contribution in [1.82, 2.24) is 18.4 Å². The van der Waals surface area contributed by atoms with Gasteiger partial charge in [0.25, 0.3) is 11.8 Å². The number of likely N-dealkylation sites (N-methyl/N-ethyl adjacent to an activating group) is 2. The van der Waals surface area contributed by atoms with Crippen LogP contribution in [0.5, 0.6) is 0 Å². The summed E-state index contributed by atoms with van der Waals surface area (Å²) in [5, 5.41) is 0. The normalized spacial score (nSPS) is 24.2. The fraction of sp³-hybridized carbons (Fsp3) is 0.778. The van der Waals surface area contributed by atoms with Crippen LogP contribution in [-0.2, 0) is 9.59 Å². The molecule has 0 N–H and O–H groups in total. The Morgan fingerprint density at radius 1 is 0.920 bits per heavy atom. The first-order valence-corrected chi connectivity index (χ1v) is 10.4. The van der Waals surface area contributed by atoms with E-state index in [1.807, 2.05) is 20.0 Å². The maximum absolute atomic E-state index is 12.6.